The highest BCUT2D eigenvalue weighted by atomic mass is 35.5. The Labute approximate surface area is 128 Å². The van der Waals surface area contributed by atoms with Crippen molar-refractivity contribution in [2.75, 3.05) is 0 Å². The number of hydrogen-bond acceptors (Lipinski definition) is 1. The molecule has 1 aromatic heterocycles. The SMILES string of the molecule is CC1CCC(n2c(C(C)Cl)nc3c(F)cc(F)cc32)CC1. The minimum Gasteiger partial charge on any atom is -0.323 e. The van der Waals surface area contributed by atoms with E-state index in [0.717, 1.165) is 31.7 Å². The molecule has 1 aliphatic carbocycles. The van der Waals surface area contributed by atoms with Gasteiger partial charge >= 0.3 is 0 Å². The van der Waals surface area contributed by atoms with Gasteiger partial charge < -0.3 is 4.57 Å². The number of alkyl halides is 1. The van der Waals surface area contributed by atoms with Crippen molar-refractivity contribution in [3.8, 4) is 0 Å². The van der Waals surface area contributed by atoms with Gasteiger partial charge in [0.05, 0.1) is 10.9 Å². The van der Waals surface area contributed by atoms with Gasteiger partial charge in [-0.3, -0.25) is 0 Å². The van der Waals surface area contributed by atoms with Crippen LogP contribution in [0.5, 0.6) is 0 Å². The maximum absolute atomic E-state index is 14.0. The molecule has 1 aliphatic rings. The molecule has 1 aromatic carbocycles. The zero-order chi connectivity index (χ0) is 15.1. The number of benzene rings is 1. The molecule has 0 saturated heterocycles. The summed E-state index contributed by atoms with van der Waals surface area (Å²) in [4.78, 5) is 4.34. The van der Waals surface area contributed by atoms with E-state index >= 15 is 0 Å². The second-order valence-corrected chi connectivity index (χ2v) is 6.78. The molecule has 1 saturated carbocycles. The van der Waals surface area contributed by atoms with Crippen LogP contribution in [0.25, 0.3) is 11.0 Å². The van der Waals surface area contributed by atoms with Crippen LogP contribution in [-0.4, -0.2) is 9.55 Å². The third-order valence-corrected chi connectivity index (χ3v) is 4.64. The Balaban J connectivity index is 2.16. The number of hydrogen-bond donors (Lipinski definition) is 0. The van der Waals surface area contributed by atoms with Gasteiger partial charge in [-0.05, 0) is 44.6 Å². The van der Waals surface area contributed by atoms with Crippen LogP contribution in [0, 0.1) is 17.6 Å². The third-order valence-electron chi connectivity index (χ3n) is 4.45. The van der Waals surface area contributed by atoms with Crippen LogP contribution >= 0.6 is 11.6 Å². The van der Waals surface area contributed by atoms with E-state index < -0.39 is 11.6 Å². The summed E-state index contributed by atoms with van der Waals surface area (Å²) in [6.07, 6.45) is 4.25. The van der Waals surface area contributed by atoms with Crippen molar-refractivity contribution in [1.29, 1.82) is 0 Å². The zero-order valence-corrected chi connectivity index (χ0v) is 13.0. The Bertz CT molecular complexity index is 658. The maximum Gasteiger partial charge on any atom is 0.153 e. The summed E-state index contributed by atoms with van der Waals surface area (Å²) >= 11 is 6.22. The zero-order valence-electron chi connectivity index (χ0n) is 12.2. The topological polar surface area (TPSA) is 17.8 Å². The minimum absolute atomic E-state index is 0.220. The Kier molecular flexibility index (Phi) is 3.91. The van der Waals surface area contributed by atoms with Gasteiger partial charge in [0.25, 0.3) is 0 Å². The van der Waals surface area contributed by atoms with E-state index in [1.165, 1.54) is 6.07 Å². The van der Waals surface area contributed by atoms with E-state index in [9.17, 15) is 8.78 Å². The number of imidazole rings is 1. The Morgan fingerprint density at radius 1 is 1.24 bits per heavy atom. The van der Waals surface area contributed by atoms with Gasteiger partial charge in [0, 0.05) is 12.1 Å². The van der Waals surface area contributed by atoms with Crippen LogP contribution in [-0.2, 0) is 0 Å². The van der Waals surface area contributed by atoms with Gasteiger partial charge in [-0.15, -0.1) is 11.6 Å². The van der Waals surface area contributed by atoms with Gasteiger partial charge in [0.2, 0.25) is 0 Å². The Morgan fingerprint density at radius 2 is 1.90 bits per heavy atom. The first-order valence-corrected chi connectivity index (χ1v) is 7.92. The molecule has 1 fully saturated rings. The lowest BCUT2D eigenvalue weighted by Gasteiger charge is -2.29. The molecule has 2 aromatic rings. The largest absolute Gasteiger partial charge is 0.323 e. The molecule has 3 rings (SSSR count). The molecule has 0 spiro atoms. The lowest BCUT2D eigenvalue weighted by Crippen LogP contribution is -2.19. The first-order valence-electron chi connectivity index (χ1n) is 7.48. The molecule has 0 bridgehead atoms. The fraction of sp³-hybridized carbons (Fsp3) is 0.562. The second-order valence-electron chi connectivity index (χ2n) is 6.13. The van der Waals surface area contributed by atoms with E-state index in [1.54, 1.807) is 0 Å². The van der Waals surface area contributed by atoms with Gasteiger partial charge in [0.15, 0.2) is 5.82 Å². The lowest BCUT2D eigenvalue weighted by atomic mass is 9.87. The molecule has 0 radical (unpaired) electrons. The quantitative estimate of drug-likeness (QED) is 0.682. The highest BCUT2D eigenvalue weighted by Crippen LogP contribution is 2.37. The summed E-state index contributed by atoms with van der Waals surface area (Å²) < 4.78 is 29.5. The maximum atomic E-state index is 14.0. The molecular weight excluding hydrogens is 294 g/mol. The average molecular weight is 313 g/mol. The minimum atomic E-state index is -0.619. The van der Waals surface area contributed by atoms with Crippen molar-refractivity contribution < 1.29 is 8.78 Å². The molecule has 1 heterocycles. The van der Waals surface area contributed by atoms with Crippen LogP contribution in [0.2, 0.25) is 0 Å². The smallest absolute Gasteiger partial charge is 0.153 e. The van der Waals surface area contributed by atoms with E-state index in [1.807, 2.05) is 11.5 Å². The van der Waals surface area contributed by atoms with Gasteiger partial charge in [-0.2, -0.15) is 0 Å². The lowest BCUT2D eigenvalue weighted by molar-refractivity contribution is 0.289. The van der Waals surface area contributed by atoms with Crippen molar-refractivity contribution in [3.05, 3.63) is 29.6 Å². The van der Waals surface area contributed by atoms with Crippen LogP contribution in [0.1, 0.15) is 56.8 Å². The average Bonchev–Trinajstić information content (AvgIpc) is 2.79. The van der Waals surface area contributed by atoms with Crippen LogP contribution in [0.3, 0.4) is 0 Å². The van der Waals surface area contributed by atoms with Crippen LogP contribution < -0.4 is 0 Å². The van der Waals surface area contributed by atoms with E-state index in [0.29, 0.717) is 17.3 Å². The molecule has 0 aliphatic heterocycles. The molecule has 1 atom stereocenters. The van der Waals surface area contributed by atoms with E-state index in [-0.39, 0.29) is 16.9 Å². The van der Waals surface area contributed by atoms with Crippen molar-refractivity contribution in [3.63, 3.8) is 0 Å². The highest BCUT2D eigenvalue weighted by Gasteiger charge is 2.26. The normalized spacial score (nSPS) is 24.4. The monoisotopic (exact) mass is 312 g/mol. The first-order chi connectivity index (χ1) is 9.97. The molecule has 2 nitrogen and oxygen atoms in total. The fourth-order valence-electron chi connectivity index (χ4n) is 3.30. The second kappa shape index (κ2) is 5.56. The van der Waals surface area contributed by atoms with E-state index in [2.05, 4.69) is 11.9 Å². The Morgan fingerprint density at radius 3 is 2.52 bits per heavy atom. The molecule has 114 valence electrons. The van der Waals surface area contributed by atoms with E-state index in [4.69, 9.17) is 11.6 Å². The number of rotatable bonds is 2. The summed E-state index contributed by atoms with van der Waals surface area (Å²) in [6.45, 7) is 4.06. The summed E-state index contributed by atoms with van der Waals surface area (Å²) in [5.41, 5.74) is 0.743. The number of aromatic nitrogens is 2. The van der Waals surface area contributed by atoms with Gasteiger partial charge in [-0.1, -0.05) is 6.92 Å². The molecule has 21 heavy (non-hydrogen) atoms. The molecule has 5 heteroatoms. The Hall–Kier alpha value is -1.16. The fourth-order valence-corrected chi connectivity index (χ4v) is 3.46. The predicted octanol–water partition coefficient (Wildman–Crippen LogP) is 5.37. The molecule has 0 N–H and O–H groups in total. The summed E-state index contributed by atoms with van der Waals surface area (Å²) in [5, 5.41) is -0.334. The standard InChI is InChI=1S/C16H19ClF2N2/c1-9-3-5-12(6-4-9)21-14-8-11(18)7-13(19)15(14)20-16(21)10(2)17/h7-10,12H,3-6H2,1-2H3. The van der Waals surface area contributed by atoms with Crippen LogP contribution in [0.15, 0.2) is 12.1 Å². The molecule has 0 amide bonds. The summed E-state index contributed by atoms with van der Waals surface area (Å²) in [6, 6.07) is 2.47. The van der Waals surface area contributed by atoms with Gasteiger partial charge in [-0.25, -0.2) is 13.8 Å². The van der Waals surface area contributed by atoms with Crippen molar-refractivity contribution >= 4 is 22.6 Å². The highest BCUT2D eigenvalue weighted by molar-refractivity contribution is 6.20. The summed E-state index contributed by atoms with van der Waals surface area (Å²) in [7, 11) is 0. The molecular formula is C16H19ClF2N2. The van der Waals surface area contributed by atoms with Crippen molar-refractivity contribution in [2.24, 2.45) is 5.92 Å². The first kappa shape index (κ1) is 14.8. The summed E-state index contributed by atoms with van der Waals surface area (Å²) in [5.74, 6) is 0.155. The van der Waals surface area contributed by atoms with Gasteiger partial charge in [0.1, 0.15) is 17.2 Å². The van der Waals surface area contributed by atoms with Crippen molar-refractivity contribution in [1.82, 2.24) is 9.55 Å². The predicted molar refractivity (Wildman–Crippen MR) is 80.6 cm³/mol. The van der Waals surface area contributed by atoms with Crippen LogP contribution in [0.4, 0.5) is 8.78 Å². The number of halogens is 3. The molecule has 1 unspecified atom stereocenters. The number of nitrogens with zero attached hydrogens (tertiary/aromatic N) is 2. The van der Waals surface area contributed by atoms with Crippen molar-refractivity contribution in [2.45, 2.75) is 50.9 Å². The third kappa shape index (κ3) is 2.66. The number of fused-ring (bicyclic) bond motifs is 1.